The van der Waals surface area contributed by atoms with E-state index in [-0.39, 0.29) is 36.3 Å². The number of urea groups is 1. The third kappa shape index (κ3) is 7.48. The highest BCUT2D eigenvalue weighted by Gasteiger charge is 2.16. The van der Waals surface area contributed by atoms with Gasteiger partial charge in [0.2, 0.25) is 15.9 Å². The molecule has 3 amide bonds. The average molecular weight is 471 g/mol. The first-order chi connectivity index (χ1) is 15.8. The molecule has 1 heterocycles. The Kier molecular flexibility index (Phi) is 8.22. The van der Waals surface area contributed by atoms with E-state index in [9.17, 15) is 18.0 Å². The van der Waals surface area contributed by atoms with Crippen LogP contribution in [0.3, 0.4) is 0 Å². The molecular weight excluding hydrogens is 444 g/mol. The van der Waals surface area contributed by atoms with Crippen molar-refractivity contribution in [3.63, 3.8) is 0 Å². The lowest BCUT2D eigenvalue weighted by Crippen LogP contribution is -2.38. The van der Waals surface area contributed by atoms with Crippen LogP contribution >= 0.6 is 0 Å². The van der Waals surface area contributed by atoms with Crippen molar-refractivity contribution < 1.29 is 22.4 Å². The molecule has 0 bridgehead atoms. The van der Waals surface area contributed by atoms with E-state index in [0.29, 0.717) is 18.0 Å². The van der Waals surface area contributed by atoms with Gasteiger partial charge in [-0.1, -0.05) is 36.4 Å². The lowest BCUT2D eigenvalue weighted by Gasteiger charge is -2.18. The summed E-state index contributed by atoms with van der Waals surface area (Å²) >= 11 is 0. The number of benzene rings is 2. The topological polar surface area (TPSA) is 121 Å². The van der Waals surface area contributed by atoms with E-state index in [2.05, 4.69) is 15.4 Å². The Labute approximate surface area is 192 Å². The molecule has 10 heteroatoms. The van der Waals surface area contributed by atoms with Crippen molar-refractivity contribution >= 4 is 27.6 Å². The molecule has 174 valence electrons. The van der Waals surface area contributed by atoms with E-state index in [4.69, 9.17) is 4.42 Å². The number of sulfonamides is 1. The van der Waals surface area contributed by atoms with Gasteiger partial charge in [-0.15, -0.1) is 0 Å². The first-order valence-electron chi connectivity index (χ1n) is 10.3. The van der Waals surface area contributed by atoms with Crippen LogP contribution in [0.15, 0.2) is 82.3 Å². The van der Waals surface area contributed by atoms with Gasteiger partial charge in [0.25, 0.3) is 0 Å². The van der Waals surface area contributed by atoms with Gasteiger partial charge in [-0.3, -0.25) is 4.79 Å². The number of rotatable bonds is 10. The maximum absolute atomic E-state index is 12.5. The second-order valence-electron chi connectivity index (χ2n) is 7.30. The van der Waals surface area contributed by atoms with Crippen LogP contribution in [0.2, 0.25) is 0 Å². The summed E-state index contributed by atoms with van der Waals surface area (Å²) < 4.78 is 32.5. The van der Waals surface area contributed by atoms with Crippen LogP contribution in [0, 0.1) is 0 Å². The summed E-state index contributed by atoms with van der Waals surface area (Å²) in [5.41, 5.74) is 1.34. The Bertz CT molecular complexity index is 1160. The van der Waals surface area contributed by atoms with Gasteiger partial charge >= 0.3 is 6.03 Å². The van der Waals surface area contributed by atoms with Crippen LogP contribution in [0.1, 0.15) is 17.7 Å². The highest BCUT2D eigenvalue weighted by molar-refractivity contribution is 7.89. The van der Waals surface area contributed by atoms with Crippen LogP contribution in [0.5, 0.6) is 0 Å². The maximum atomic E-state index is 12.5. The number of nitrogens with zero attached hydrogens (tertiary/aromatic N) is 1. The fraction of sp³-hybridized carbons (Fsp3) is 0.217. The van der Waals surface area contributed by atoms with Gasteiger partial charge in [0, 0.05) is 32.2 Å². The van der Waals surface area contributed by atoms with Crippen molar-refractivity contribution in [1.82, 2.24) is 14.9 Å². The molecule has 3 aromatic rings. The van der Waals surface area contributed by atoms with E-state index in [0.717, 1.165) is 5.56 Å². The van der Waals surface area contributed by atoms with Gasteiger partial charge in [0.05, 0.1) is 17.7 Å². The summed E-state index contributed by atoms with van der Waals surface area (Å²) in [4.78, 5) is 26.0. The number of furan rings is 1. The summed E-state index contributed by atoms with van der Waals surface area (Å²) in [6, 6.07) is 18.6. The minimum atomic E-state index is -3.78. The third-order valence-electron chi connectivity index (χ3n) is 4.68. The van der Waals surface area contributed by atoms with Crippen molar-refractivity contribution in [3.05, 3.63) is 84.3 Å². The molecule has 0 aliphatic heterocycles. The number of anilines is 1. The second kappa shape index (κ2) is 11.3. The summed E-state index contributed by atoms with van der Waals surface area (Å²) in [5, 5.41) is 5.35. The predicted molar refractivity (Wildman–Crippen MR) is 124 cm³/mol. The molecule has 0 unspecified atom stereocenters. The van der Waals surface area contributed by atoms with Gasteiger partial charge in [0.15, 0.2) is 0 Å². The highest BCUT2D eigenvalue weighted by atomic mass is 32.2. The molecule has 0 radical (unpaired) electrons. The summed E-state index contributed by atoms with van der Waals surface area (Å²) in [5.74, 6) is 0.138. The number of carbonyl (C=O) groups is 2. The van der Waals surface area contributed by atoms with Gasteiger partial charge in [-0.25, -0.2) is 17.9 Å². The van der Waals surface area contributed by atoms with Crippen molar-refractivity contribution in [1.29, 1.82) is 0 Å². The molecule has 0 spiro atoms. The summed E-state index contributed by atoms with van der Waals surface area (Å²) in [6.07, 6.45) is 1.50. The van der Waals surface area contributed by atoms with Crippen LogP contribution < -0.4 is 15.4 Å². The van der Waals surface area contributed by atoms with Gasteiger partial charge in [-0.05, 0) is 35.9 Å². The van der Waals surface area contributed by atoms with Crippen LogP contribution in [0.4, 0.5) is 10.5 Å². The van der Waals surface area contributed by atoms with Gasteiger partial charge < -0.3 is 20.0 Å². The molecule has 33 heavy (non-hydrogen) atoms. The van der Waals surface area contributed by atoms with Gasteiger partial charge in [-0.2, -0.15) is 0 Å². The molecular formula is C23H26N4O5S. The van der Waals surface area contributed by atoms with Crippen LogP contribution in [-0.4, -0.2) is 38.8 Å². The smallest absolute Gasteiger partial charge is 0.317 e. The van der Waals surface area contributed by atoms with E-state index < -0.39 is 10.0 Å². The molecule has 0 aliphatic carbocycles. The number of nitrogens with one attached hydrogen (secondary N) is 3. The van der Waals surface area contributed by atoms with E-state index in [1.807, 2.05) is 30.3 Å². The molecule has 0 saturated carbocycles. The zero-order valence-electron chi connectivity index (χ0n) is 18.2. The van der Waals surface area contributed by atoms with Gasteiger partial charge in [0.1, 0.15) is 5.76 Å². The molecule has 0 fully saturated rings. The minimum Gasteiger partial charge on any atom is -0.468 e. The third-order valence-corrected chi connectivity index (χ3v) is 6.08. The molecule has 1 aromatic heterocycles. The van der Waals surface area contributed by atoms with E-state index in [1.165, 1.54) is 29.4 Å². The predicted octanol–water partition coefficient (Wildman–Crippen LogP) is 2.93. The van der Waals surface area contributed by atoms with E-state index in [1.54, 1.807) is 25.2 Å². The Balaban J connectivity index is 1.46. The van der Waals surface area contributed by atoms with E-state index >= 15 is 0 Å². The van der Waals surface area contributed by atoms with Crippen LogP contribution in [0.25, 0.3) is 0 Å². The lowest BCUT2D eigenvalue weighted by molar-refractivity contribution is -0.116. The minimum absolute atomic E-state index is 0.0164. The zero-order chi connectivity index (χ0) is 23.7. The summed E-state index contributed by atoms with van der Waals surface area (Å²) in [6.45, 7) is 0.616. The monoisotopic (exact) mass is 470 g/mol. The molecule has 9 nitrogen and oxygen atoms in total. The highest BCUT2D eigenvalue weighted by Crippen LogP contribution is 2.16. The normalized spacial score (nSPS) is 11.1. The lowest BCUT2D eigenvalue weighted by atomic mass is 10.2. The molecule has 3 N–H and O–H groups in total. The fourth-order valence-corrected chi connectivity index (χ4v) is 4.01. The Morgan fingerprint density at radius 2 is 1.79 bits per heavy atom. The molecule has 2 aromatic carbocycles. The largest absolute Gasteiger partial charge is 0.468 e. The number of amides is 3. The molecule has 0 atom stereocenters. The summed E-state index contributed by atoms with van der Waals surface area (Å²) in [7, 11) is -2.11. The molecule has 0 saturated heterocycles. The quantitative estimate of drug-likeness (QED) is 0.421. The van der Waals surface area contributed by atoms with Crippen molar-refractivity contribution in [3.8, 4) is 0 Å². The standard InChI is InChI=1S/C23H26N4O5S/c1-27(17-18-7-3-2-4-8-18)23(29)24-13-12-22(28)26-19-9-5-11-21(15-19)33(30,31)25-16-20-10-6-14-32-20/h2-11,14-15,25H,12-13,16-17H2,1H3,(H,24,29)(H,26,28). The number of hydrogen-bond donors (Lipinski definition) is 3. The Hall–Kier alpha value is -3.63. The van der Waals surface area contributed by atoms with Crippen LogP contribution in [-0.2, 0) is 27.9 Å². The van der Waals surface area contributed by atoms with Crippen molar-refractivity contribution in [2.45, 2.75) is 24.4 Å². The van der Waals surface area contributed by atoms with Crippen molar-refractivity contribution in [2.24, 2.45) is 0 Å². The fourth-order valence-electron chi connectivity index (χ4n) is 2.97. The zero-order valence-corrected chi connectivity index (χ0v) is 19.0. The van der Waals surface area contributed by atoms with Crippen molar-refractivity contribution in [2.75, 3.05) is 18.9 Å². The number of carbonyl (C=O) groups excluding carboxylic acids is 2. The first-order valence-corrected chi connectivity index (χ1v) is 11.8. The Morgan fingerprint density at radius 3 is 2.52 bits per heavy atom. The first kappa shape index (κ1) is 24.0. The Morgan fingerprint density at radius 1 is 1.00 bits per heavy atom. The average Bonchev–Trinajstić information content (AvgIpc) is 3.32. The second-order valence-corrected chi connectivity index (χ2v) is 9.07. The molecule has 0 aliphatic rings. The number of hydrogen-bond acceptors (Lipinski definition) is 5. The maximum Gasteiger partial charge on any atom is 0.317 e. The molecule has 3 rings (SSSR count). The SMILES string of the molecule is CN(Cc1ccccc1)C(=O)NCCC(=O)Nc1cccc(S(=O)(=O)NCc2ccco2)c1.